The molecule has 0 amide bonds. The van der Waals surface area contributed by atoms with Gasteiger partial charge in [0.25, 0.3) is 0 Å². The molecule has 1 N–H and O–H groups in total. The lowest BCUT2D eigenvalue weighted by molar-refractivity contribution is 0.0392. The fourth-order valence-corrected chi connectivity index (χ4v) is 3.14. The molecule has 0 heterocycles. The van der Waals surface area contributed by atoms with Crippen molar-refractivity contribution in [1.82, 2.24) is 5.32 Å². The lowest BCUT2D eigenvalue weighted by Gasteiger charge is -2.41. The first kappa shape index (κ1) is 18.2. The predicted octanol–water partition coefficient (Wildman–Crippen LogP) is 4.54. The largest absolute Gasteiger partial charge is 0.377 e. The quantitative estimate of drug-likeness (QED) is 0.683. The van der Waals surface area contributed by atoms with Crippen molar-refractivity contribution in [3.05, 3.63) is 35.9 Å². The molecule has 1 unspecified atom stereocenters. The Morgan fingerprint density at radius 3 is 2.14 bits per heavy atom. The number of nitrogens with one attached hydrogen (secondary N) is 1. The minimum atomic E-state index is 0.144. The Kier molecular flexibility index (Phi) is 7.98. The number of hydrogen-bond donors (Lipinski definition) is 1. The molecular weight excluding hydrogens is 258 g/mol. The molecule has 1 rings (SSSR count). The second-order valence-electron chi connectivity index (χ2n) is 6.12. The Hall–Kier alpha value is -0.860. The van der Waals surface area contributed by atoms with Crippen LogP contribution < -0.4 is 5.32 Å². The van der Waals surface area contributed by atoms with Crippen LogP contribution in [0.1, 0.15) is 59.4 Å². The SMILES string of the molecule is CCCNC(COC(C)C)C(CC)(CC)c1ccccc1. The summed E-state index contributed by atoms with van der Waals surface area (Å²) in [5, 5.41) is 3.74. The monoisotopic (exact) mass is 291 g/mol. The van der Waals surface area contributed by atoms with Gasteiger partial charge in [0.2, 0.25) is 0 Å². The van der Waals surface area contributed by atoms with E-state index in [1.165, 1.54) is 5.56 Å². The maximum atomic E-state index is 5.97. The van der Waals surface area contributed by atoms with Gasteiger partial charge in [-0.05, 0) is 45.2 Å². The zero-order chi connectivity index (χ0) is 15.7. The molecule has 0 aliphatic heterocycles. The summed E-state index contributed by atoms with van der Waals surface area (Å²) in [5.41, 5.74) is 1.57. The Morgan fingerprint density at radius 2 is 1.67 bits per heavy atom. The predicted molar refractivity (Wildman–Crippen MR) is 91.9 cm³/mol. The van der Waals surface area contributed by atoms with Gasteiger partial charge >= 0.3 is 0 Å². The van der Waals surface area contributed by atoms with E-state index in [9.17, 15) is 0 Å². The highest BCUT2D eigenvalue weighted by molar-refractivity contribution is 5.28. The average Bonchev–Trinajstić information content (AvgIpc) is 2.51. The Labute approximate surface area is 131 Å². The molecule has 1 atom stereocenters. The van der Waals surface area contributed by atoms with Crippen molar-refractivity contribution in [3.63, 3.8) is 0 Å². The Bertz CT molecular complexity index is 370. The van der Waals surface area contributed by atoms with Gasteiger partial charge in [-0.2, -0.15) is 0 Å². The summed E-state index contributed by atoms with van der Waals surface area (Å²) in [5.74, 6) is 0. The van der Waals surface area contributed by atoms with Crippen LogP contribution in [0.3, 0.4) is 0 Å². The summed E-state index contributed by atoms with van der Waals surface area (Å²) in [4.78, 5) is 0. The highest BCUT2D eigenvalue weighted by Crippen LogP contribution is 2.35. The molecule has 0 bridgehead atoms. The first-order valence-electron chi connectivity index (χ1n) is 8.51. The third-order valence-corrected chi connectivity index (χ3v) is 4.51. The molecule has 2 heteroatoms. The standard InChI is InChI=1S/C19H33NO/c1-6-14-20-18(15-21-16(4)5)19(7-2,8-3)17-12-10-9-11-13-17/h9-13,16,18,20H,6-8,14-15H2,1-5H3. The van der Waals surface area contributed by atoms with Gasteiger partial charge in [-0.15, -0.1) is 0 Å². The van der Waals surface area contributed by atoms with Gasteiger partial charge in [0, 0.05) is 11.5 Å². The van der Waals surface area contributed by atoms with Gasteiger partial charge in [0.05, 0.1) is 12.7 Å². The lowest BCUT2D eigenvalue weighted by Crippen LogP contribution is -2.51. The maximum Gasteiger partial charge on any atom is 0.0631 e. The summed E-state index contributed by atoms with van der Waals surface area (Å²) in [6.07, 6.45) is 3.67. The third kappa shape index (κ3) is 4.82. The fourth-order valence-electron chi connectivity index (χ4n) is 3.14. The molecule has 1 aromatic carbocycles. The van der Waals surface area contributed by atoms with E-state index in [1.807, 2.05) is 0 Å². The van der Waals surface area contributed by atoms with Crippen LogP contribution in [0.15, 0.2) is 30.3 Å². The van der Waals surface area contributed by atoms with Gasteiger partial charge in [-0.1, -0.05) is 51.1 Å². The molecule has 0 fully saturated rings. The van der Waals surface area contributed by atoms with Gasteiger partial charge in [0.15, 0.2) is 0 Å². The highest BCUT2D eigenvalue weighted by atomic mass is 16.5. The molecule has 0 saturated heterocycles. The number of ether oxygens (including phenoxy) is 1. The summed E-state index contributed by atoms with van der Waals surface area (Å²) < 4.78 is 5.97. The zero-order valence-electron chi connectivity index (χ0n) is 14.5. The molecule has 0 spiro atoms. The second-order valence-corrected chi connectivity index (χ2v) is 6.12. The van der Waals surface area contributed by atoms with Crippen LogP contribution >= 0.6 is 0 Å². The number of benzene rings is 1. The van der Waals surface area contributed by atoms with Crippen molar-refractivity contribution in [2.75, 3.05) is 13.2 Å². The summed E-state index contributed by atoms with van der Waals surface area (Å²) in [7, 11) is 0. The summed E-state index contributed by atoms with van der Waals surface area (Å²) in [6, 6.07) is 11.3. The zero-order valence-corrected chi connectivity index (χ0v) is 14.5. The number of hydrogen-bond acceptors (Lipinski definition) is 2. The molecule has 2 nitrogen and oxygen atoms in total. The third-order valence-electron chi connectivity index (χ3n) is 4.51. The average molecular weight is 291 g/mol. The minimum absolute atomic E-state index is 0.144. The molecule has 0 saturated carbocycles. The van der Waals surface area contributed by atoms with Crippen molar-refractivity contribution in [3.8, 4) is 0 Å². The van der Waals surface area contributed by atoms with E-state index in [2.05, 4.69) is 70.3 Å². The number of rotatable bonds is 10. The molecule has 0 aromatic heterocycles. The molecule has 0 aliphatic rings. The summed E-state index contributed by atoms with van der Waals surface area (Å²) >= 11 is 0. The Morgan fingerprint density at radius 1 is 1.05 bits per heavy atom. The molecular formula is C19H33NO. The highest BCUT2D eigenvalue weighted by Gasteiger charge is 2.37. The van der Waals surface area contributed by atoms with E-state index >= 15 is 0 Å². The van der Waals surface area contributed by atoms with E-state index in [4.69, 9.17) is 4.74 Å². The van der Waals surface area contributed by atoms with E-state index in [1.54, 1.807) is 0 Å². The maximum absolute atomic E-state index is 5.97. The molecule has 0 radical (unpaired) electrons. The van der Waals surface area contributed by atoms with E-state index in [0.29, 0.717) is 6.04 Å². The lowest BCUT2D eigenvalue weighted by atomic mass is 9.70. The van der Waals surface area contributed by atoms with Crippen molar-refractivity contribution in [1.29, 1.82) is 0 Å². The molecule has 21 heavy (non-hydrogen) atoms. The van der Waals surface area contributed by atoms with Crippen LogP contribution in [0.5, 0.6) is 0 Å². The smallest absolute Gasteiger partial charge is 0.0631 e. The van der Waals surface area contributed by atoms with Crippen molar-refractivity contribution >= 4 is 0 Å². The Balaban J connectivity index is 3.05. The van der Waals surface area contributed by atoms with E-state index in [-0.39, 0.29) is 11.5 Å². The summed E-state index contributed by atoms with van der Waals surface area (Å²) in [6.45, 7) is 12.8. The van der Waals surface area contributed by atoms with Crippen molar-refractivity contribution in [2.24, 2.45) is 0 Å². The normalized spacial score (nSPS) is 13.6. The van der Waals surface area contributed by atoms with Crippen LogP contribution in [0, 0.1) is 0 Å². The fraction of sp³-hybridized carbons (Fsp3) is 0.684. The minimum Gasteiger partial charge on any atom is -0.377 e. The van der Waals surface area contributed by atoms with Crippen LogP contribution in [0.25, 0.3) is 0 Å². The van der Waals surface area contributed by atoms with Gasteiger partial charge < -0.3 is 10.1 Å². The molecule has 120 valence electrons. The molecule has 0 aliphatic carbocycles. The topological polar surface area (TPSA) is 21.3 Å². The van der Waals surface area contributed by atoms with Crippen LogP contribution in [0.2, 0.25) is 0 Å². The van der Waals surface area contributed by atoms with Gasteiger partial charge in [0.1, 0.15) is 0 Å². The van der Waals surface area contributed by atoms with Crippen LogP contribution in [0.4, 0.5) is 0 Å². The second kappa shape index (κ2) is 9.22. The van der Waals surface area contributed by atoms with Crippen LogP contribution in [-0.2, 0) is 10.2 Å². The van der Waals surface area contributed by atoms with E-state index < -0.39 is 0 Å². The first-order valence-corrected chi connectivity index (χ1v) is 8.51. The van der Waals surface area contributed by atoms with Gasteiger partial charge in [-0.3, -0.25) is 0 Å². The van der Waals surface area contributed by atoms with Crippen LogP contribution in [-0.4, -0.2) is 25.3 Å². The molecule has 1 aromatic rings. The van der Waals surface area contributed by atoms with Crippen molar-refractivity contribution in [2.45, 2.75) is 71.4 Å². The van der Waals surface area contributed by atoms with Gasteiger partial charge in [-0.25, -0.2) is 0 Å². The van der Waals surface area contributed by atoms with Crippen molar-refractivity contribution < 1.29 is 4.74 Å². The van der Waals surface area contributed by atoms with E-state index in [0.717, 1.165) is 32.4 Å². The first-order chi connectivity index (χ1) is 10.1.